The van der Waals surface area contributed by atoms with Crippen molar-refractivity contribution in [1.29, 1.82) is 5.41 Å². The number of aliphatic hydroxyl groups is 1. The Kier molecular flexibility index (Phi) is 8.96. The maximum absolute atomic E-state index is 12.1. The number of aryl methyl sites for hydroxylation is 1. The summed E-state index contributed by atoms with van der Waals surface area (Å²) < 4.78 is 5.13. The van der Waals surface area contributed by atoms with Gasteiger partial charge in [0.1, 0.15) is 11.5 Å². The Bertz CT molecular complexity index is 882. The van der Waals surface area contributed by atoms with Crippen LogP contribution in [0, 0.1) is 5.41 Å². The molecule has 1 aromatic rings. The zero-order chi connectivity index (χ0) is 22.9. The van der Waals surface area contributed by atoms with Gasteiger partial charge in [-0.3, -0.25) is 15.6 Å². The molecule has 0 saturated heterocycles. The number of ether oxygens (including phenoxy) is 1. The largest absolute Gasteiger partial charge is 0.505 e. The quantitative estimate of drug-likeness (QED) is 0.169. The fourth-order valence-corrected chi connectivity index (χ4v) is 2.96. The Labute approximate surface area is 183 Å². The van der Waals surface area contributed by atoms with Crippen LogP contribution in [0.4, 0.5) is 5.69 Å². The first-order chi connectivity index (χ1) is 14.7. The standard InChI is InChI=1S/C23H32N4O4/c1-23(2,3)17-14-16(8-9-21(29)25-10-12-31-13-11-28)15-20(22(17)30)27-26-19-7-5-4-6-18(19)24/h4-7,14-15,24,27-28,30H,8-13H2,1-3H3,(H,25,29)/b24-18?,26-19-. The summed E-state index contributed by atoms with van der Waals surface area (Å²) in [5.74, 6) is 0.00765. The van der Waals surface area contributed by atoms with E-state index in [2.05, 4.69) is 15.8 Å². The topological polar surface area (TPSA) is 127 Å². The highest BCUT2D eigenvalue weighted by Crippen LogP contribution is 2.37. The van der Waals surface area contributed by atoms with Crippen LogP contribution in [0.25, 0.3) is 0 Å². The summed E-state index contributed by atoms with van der Waals surface area (Å²) >= 11 is 0. The van der Waals surface area contributed by atoms with Crippen LogP contribution >= 0.6 is 0 Å². The third-order valence-electron chi connectivity index (χ3n) is 4.62. The molecule has 0 spiro atoms. The lowest BCUT2D eigenvalue weighted by Gasteiger charge is -2.23. The van der Waals surface area contributed by atoms with Gasteiger partial charge in [-0.05, 0) is 35.6 Å². The Hall–Kier alpha value is -2.97. The average Bonchev–Trinajstić information content (AvgIpc) is 2.72. The Morgan fingerprint density at radius 3 is 2.61 bits per heavy atom. The summed E-state index contributed by atoms with van der Waals surface area (Å²) in [6, 6.07) is 3.69. The summed E-state index contributed by atoms with van der Waals surface area (Å²) in [5.41, 5.74) is 5.39. The van der Waals surface area contributed by atoms with E-state index in [1.165, 1.54) is 0 Å². The van der Waals surface area contributed by atoms with Gasteiger partial charge in [0.15, 0.2) is 0 Å². The van der Waals surface area contributed by atoms with Gasteiger partial charge in [-0.15, -0.1) is 0 Å². The summed E-state index contributed by atoms with van der Waals surface area (Å²) in [6.07, 6.45) is 7.71. The number of nitrogens with zero attached hydrogens (tertiary/aromatic N) is 1. The van der Waals surface area contributed by atoms with Crippen LogP contribution in [-0.2, 0) is 21.4 Å². The van der Waals surface area contributed by atoms with Crippen molar-refractivity contribution >= 4 is 23.0 Å². The minimum Gasteiger partial charge on any atom is -0.505 e. The Morgan fingerprint density at radius 1 is 1.19 bits per heavy atom. The normalized spacial score (nSPS) is 14.8. The molecule has 0 fully saturated rings. The lowest BCUT2D eigenvalue weighted by Crippen LogP contribution is -2.27. The number of aliphatic hydroxyl groups excluding tert-OH is 1. The van der Waals surface area contributed by atoms with Gasteiger partial charge in [0.05, 0.1) is 31.2 Å². The Balaban J connectivity index is 2.11. The second kappa shape index (κ2) is 11.4. The zero-order valence-corrected chi connectivity index (χ0v) is 18.4. The molecular weight excluding hydrogens is 396 g/mol. The number of phenolic OH excluding ortho intramolecular Hbond substituents is 1. The summed E-state index contributed by atoms with van der Waals surface area (Å²) in [4.78, 5) is 12.1. The van der Waals surface area contributed by atoms with Crippen molar-refractivity contribution < 1.29 is 19.7 Å². The lowest BCUT2D eigenvalue weighted by atomic mass is 9.84. The average molecular weight is 429 g/mol. The fourth-order valence-electron chi connectivity index (χ4n) is 2.96. The van der Waals surface area contributed by atoms with Gasteiger partial charge in [-0.1, -0.05) is 39.0 Å². The molecule has 0 aliphatic heterocycles. The fraction of sp³-hybridized carbons (Fsp3) is 0.435. The van der Waals surface area contributed by atoms with Crippen molar-refractivity contribution in [1.82, 2.24) is 5.32 Å². The maximum atomic E-state index is 12.1. The SMILES string of the molecule is CC(C)(C)c1cc(CCC(=O)NCCOCCO)cc(N/N=C2/C=CC=CC2=N)c1O. The van der Waals surface area contributed by atoms with E-state index in [-0.39, 0.29) is 36.0 Å². The molecule has 8 heteroatoms. The van der Waals surface area contributed by atoms with Crippen molar-refractivity contribution in [2.45, 2.75) is 39.0 Å². The Morgan fingerprint density at radius 2 is 1.94 bits per heavy atom. The molecule has 2 rings (SSSR count). The molecule has 5 N–H and O–H groups in total. The number of hydrogen-bond donors (Lipinski definition) is 5. The van der Waals surface area contributed by atoms with Crippen LogP contribution in [-0.4, -0.2) is 53.9 Å². The zero-order valence-electron chi connectivity index (χ0n) is 18.4. The molecule has 0 bridgehead atoms. The van der Waals surface area contributed by atoms with Crippen molar-refractivity contribution in [2.75, 3.05) is 31.8 Å². The molecule has 1 aliphatic carbocycles. The minimum atomic E-state index is -0.309. The number of rotatable bonds is 10. The first kappa shape index (κ1) is 24.3. The van der Waals surface area contributed by atoms with Crippen LogP contribution in [0.1, 0.15) is 38.3 Å². The lowest BCUT2D eigenvalue weighted by molar-refractivity contribution is -0.121. The minimum absolute atomic E-state index is 0.0407. The molecule has 168 valence electrons. The van der Waals surface area contributed by atoms with E-state index in [9.17, 15) is 9.90 Å². The van der Waals surface area contributed by atoms with Gasteiger partial charge in [0.25, 0.3) is 0 Å². The maximum Gasteiger partial charge on any atom is 0.220 e. The molecule has 1 aromatic carbocycles. The van der Waals surface area contributed by atoms with E-state index in [0.29, 0.717) is 37.4 Å². The van der Waals surface area contributed by atoms with Gasteiger partial charge in [-0.2, -0.15) is 5.10 Å². The first-order valence-corrected chi connectivity index (χ1v) is 10.3. The number of anilines is 1. The highest BCUT2D eigenvalue weighted by Gasteiger charge is 2.22. The number of carbonyl (C=O) groups excluding carboxylic acids is 1. The monoisotopic (exact) mass is 428 g/mol. The molecular formula is C23H32N4O4. The van der Waals surface area contributed by atoms with Gasteiger partial charge < -0.3 is 20.3 Å². The predicted molar refractivity (Wildman–Crippen MR) is 123 cm³/mol. The van der Waals surface area contributed by atoms with E-state index in [1.807, 2.05) is 26.8 Å². The van der Waals surface area contributed by atoms with Gasteiger partial charge in [-0.25, -0.2) is 0 Å². The third kappa shape index (κ3) is 7.66. The predicted octanol–water partition coefficient (Wildman–Crippen LogP) is 2.66. The molecule has 0 heterocycles. The van der Waals surface area contributed by atoms with Crippen LogP contribution in [0.2, 0.25) is 0 Å². The van der Waals surface area contributed by atoms with Gasteiger partial charge in [0, 0.05) is 18.5 Å². The number of aromatic hydroxyl groups is 1. The summed E-state index contributed by atoms with van der Waals surface area (Å²) in [5, 5.41) is 34.4. The molecule has 0 radical (unpaired) electrons. The van der Waals surface area contributed by atoms with Crippen molar-refractivity contribution in [3.05, 3.63) is 47.6 Å². The number of nitrogens with one attached hydrogen (secondary N) is 3. The molecule has 0 saturated carbocycles. The number of allylic oxidation sites excluding steroid dienone is 4. The second-order valence-electron chi connectivity index (χ2n) is 8.22. The second-order valence-corrected chi connectivity index (χ2v) is 8.22. The molecule has 1 amide bonds. The number of amides is 1. The van der Waals surface area contributed by atoms with Crippen molar-refractivity contribution in [2.24, 2.45) is 5.10 Å². The number of carbonyl (C=O) groups is 1. The van der Waals surface area contributed by atoms with Gasteiger partial charge >= 0.3 is 0 Å². The van der Waals surface area contributed by atoms with E-state index in [1.54, 1.807) is 30.4 Å². The van der Waals surface area contributed by atoms with E-state index >= 15 is 0 Å². The highest BCUT2D eigenvalue weighted by molar-refractivity contribution is 6.50. The first-order valence-electron chi connectivity index (χ1n) is 10.3. The van der Waals surface area contributed by atoms with E-state index in [4.69, 9.17) is 15.3 Å². The molecule has 0 unspecified atom stereocenters. The van der Waals surface area contributed by atoms with Crippen LogP contribution in [0.15, 0.2) is 41.5 Å². The van der Waals surface area contributed by atoms with E-state index < -0.39 is 0 Å². The molecule has 0 aromatic heterocycles. The molecule has 8 nitrogen and oxygen atoms in total. The number of benzene rings is 1. The molecule has 1 aliphatic rings. The number of hydrogen-bond acceptors (Lipinski definition) is 7. The molecule has 0 atom stereocenters. The smallest absolute Gasteiger partial charge is 0.220 e. The summed E-state index contributed by atoms with van der Waals surface area (Å²) in [7, 11) is 0. The highest BCUT2D eigenvalue weighted by atomic mass is 16.5. The third-order valence-corrected chi connectivity index (χ3v) is 4.62. The van der Waals surface area contributed by atoms with Gasteiger partial charge in [0.2, 0.25) is 5.91 Å². The van der Waals surface area contributed by atoms with E-state index in [0.717, 1.165) is 11.1 Å². The van der Waals surface area contributed by atoms with Crippen molar-refractivity contribution in [3.8, 4) is 5.75 Å². The number of hydrazone groups is 1. The van der Waals surface area contributed by atoms with Crippen LogP contribution in [0.5, 0.6) is 5.75 Å². The van der Waals surface area contributed by atoms with Crippen molar-refractivity contribution in [3.63, 3.8) is 0 Å². The number of phenols is 1. The van der Waals surface area contributed by atoms with Crippen LogP contribution < -0.4 is 10.7 Å². The summed E-state index contributed by atoms with van der Waals surface area (Å²) in [6.45, 7) is 6.97. The molecule has 31 heavy (non-hydrogen) atoms. The van der Waals surface area contributed by atoms with Crippen LogP contribution in [0.3, 0.4) is 0 Å².